The van der Waals surface area contributed by atoms with E-state index in [0.29, 0.717) is 6.07 Å². The van der Waals surface area contributed by atoms with Crippen molar-refractivity contribution in [1.29, 1.82) is 0 Å². The number of rotatable bonds is 3. The summed E-state index contributed by atoms with van der Waals surface area (Å²) in [5.41, 5.74) is 5.88. The van der Waals surface area contributed by atoms with Crippen LogP contribution in [0.1, 0.15) is 18.5 Å². The van der Waals surface area contributed by atoms with Gasteiger partial charge in [0.2, 0.25) is 0 Å². The smallest absolute Gasteiger partial charge is 0.161 e. The highest BCUT2D eigenvalue weighted by Gasteiger charge is 2.30. The first-order valence-electron chi connectivity index (χ1n) is 6.72. The maximum absolute atomic E-state index is 13.9. The van der Waals surface area contributed by atoms with E-state index in [4.69, 9.17) is 5.73 Å². The van der Waals surface area contributed by atoms with Crippen molar-refractivity contribution in [3.05, 3.63) is 35.1 Å². The van der Waals surface area contributed by atoms with E-state index < -0.39 is 23.5 Å². The molecule has 1 aromatic rings. The Hall–Kier alpha value is -1.11. The fraction of sp³-hybridized carbons (Fsp3) is 0.571. The van der Waals surface area contributed by atoms with Gasteiger partial charge in [0.15, 0.2) is 11.6 Å². The Kier molecular flexibility index (Phi) is 4.67. The van der Waals surface area contributed by atoms with Crippen molar-refractivity contribution in [3.8, 4) is 0 Å². The van der Waals surface area contributed by atoms with Gasteiger partial charge in [-0.3, -0.25) is 4.90 Å². The Balaban J connectivity index is 2.30. The monoisotopic (exact) mass is 287 g/mol. The molecule has 6 heteroatoms. The van der Waals surface area contributed by atoms with Gasteiger partial charge in [0.05, 0.1) is 6.04 Å². The molecule has 1 saturated heterocycles. The van der Waals surface area contributed by atoms with Crippen LogP contribution in [-0.2, 0) is 0 Å². The van der Waals surface area contributed by atoms with Crippen molar-refractivity contribution in [2.24, 2.45) is 5.73 Å². The summed E-state index contributed by atoms with van der Waals surface area (Å²) in [7, 11) is 2.02. The quantitative estimate of drug-likeness (QED) is 0.860. The molecule has 1 aromatic carbocycles. The van der Waals surface area contributed by atoms with Crippen molar-refractivity contribution in [1.82, 2.24) is 9.80 Å². The zero-order chi connectivity index (χ0) is 14.9. The number of likely N-dealkylation sites (N-methyl/N-ethyl adjacent to an activating group) is 1. The third-order valence-electron chi connectivity index (χ3n) is 3.90. The number of halogens is 3. The molecule has 0 bridgehead atoms. The highest BCUT2D eigenvalue weighted by atomic mass is 19.2. The van der Waals surface area contributed by atoms with Crippen LogP contribution >= 0.6 is 0 Å². The number of hydrogen-bond donors (Lipinski definition) is 1. The minimum absolute atomic E-state index is 0.128. The number of nitrogens with zero attached hydrogens (tertiary/aromatic N) is 2. The van der Waals surface area contributed by atoms with Gasteiger partial charge in [-0.1, -0.05) is 0 Å². The Morgan fingerprint density at radius 3 is 2.45 bits per heavy atom. The molecule has 20 heavy (non-hydrogen) atoms. The summed E-state index contributed by atoms with van der Waals surface area (Å²) in [6.07, 6.45) is 0. The minimum Gasteiger partial charge on any atom is -0.329 e. The lowest BCUT2D eigenvalue weighted by Gasteiger charge is -2.42. The van der Waals surface area contributed by atoms with Crippen LogP contribution in [0, 0.1) is 17.5 Å². The third-order valence-corrected chi connectivity index (χ3v) is 3.90. The predicted molar refractivity (Wildman–Crippen MR) is 71.8 cm³/mol. The molecule has 0 amide bonds. The topological polar surface area (TPSA) is 32.5 Å². The average molecular weight is 287 g/mol. The molecular formula is C14H20F3N3. The van der Waals surface area contributed by atoms with Crippen LogP contribution in [0.4, 0.5) is 13.2 Å². The van der Waals surface area contributed by atoms with E-state index in [1.54, 1.807) is 0 Å². The van der Waals surface area contributed by atoms with E-state index in [9.17, 15) is 13.2 Å². The van der Waals surface area contributed by atoms with Crippen LogP contribution in [0.2, 0.25) is 0 Å². The van der Waals surface area contributed by atoms with Crippen LogP contribution < -0.4 is 5.73 Å². The van der Waals surface area contributed by atoms with E-state index >= 15 is 0 Å². The summed E-state index contributed by atoms with van der Waals surface area (Å²) >= 11 is 0. The molecular weight excluding hydrogens is 267 g/mol. The van der Waals surface area contributed by atoms with E-state index in [1.807, 2.05) is 14.0 Å². The molecule has 0 spiro atoms. The summed E-state index contributed by atoms with van der Waals surface area (Å²) in [6, 6.07) is 1.25. The normalized spacial score (nSPS) is 23.0. The van der Waals surface area contributed by atoms with Crippen LogP contribution in [0.25, 0.3) is 0 Å². The Morgan fingerprint density at radius 2 is 1.85 bits per heavy atom. The summed E-state index contributed by atoms with van der Waals surface area (Å²) in [4.78, 5) is 4.23. The van der Waals surface area contributed by atoms with Gasteiger partial charge < -0.3 is 10.6 Å². The first kappa shape index (κ1) is 15.3. The molecule has 0 radical (unpaired) electrons. The van der Waals surface area contributed by atoms with Crippen molar-refractivity contribution in [2.75, 3.05) is 33.2 Å². The molecule has 0 saturated carbocycles. The molecule has 1 heterocycles. The SMILES string of the molecule is CC1CN(C)CCN1C(CN)c1cc(F)c(F)cc1F. The molecule has 2 rings (SSSR count). The molecule has 0 aliphatic carbocycles. The summed E-state index contributed by atoms with van der Waals surface area (Å²) < 4.78 is 40.3. The maximum atomic E-state index is 13.9. The Bertz CT molecular complexity index is 481. The lowest BCUT2D eigenvalue weighted by Crippen LogP contribution is -2.53. The molecule has 1 aliphatic rings. The van der Waals surface area contributed by atoms with Gasteiger partial charge in [-0.2, -0.15) is 0 Å². The van der Waals surface area contributed by atoms with Crippen LogP contribution in [0.15, 0.2) is 12.1 Å². The van der Waals surface area contributed by atoms with Gasteiger partial charge >= 0.3 is 0 Å². The lowest BCUT2D eigenvalue weighted by atomic mass is 10.0. The first-order chi connectivity index (χ1) is 9.43. The summed E-state index contributed by atoms with van der Waals surface area (Å²) in [5.74, 6) is -2.96. The zero-order valence-electron chi connectivity index (χ0n) is 11.7. The molecule has 0 aromatic heterocycles. The second-order valence-electron chi connectivity index (χ2n) is 5.39. The second-order valence-corrected chi connectivity index (χ2v) is 5.39. The van der Waals surface area contributed by atoms with E-state index in [0.717, 1.165) is 25.7 Å². The Morgan fingerprint density at radius 1 is 1.20 bits per heavy atom. The highest BCUT2D eigenvalue weighted by molar-refractivity contribution is 5.24. The summed E-state index contributed by atoms with van der Waals surface area (Å²) in [5, 5.41) is 0. The number of benzene rings is 1. The molecule has 1 fully saturated rings. The van der Waals surface area contributed by atoms with E-state index in [1.165, 1.54) is 0 Å². The van der Waals surface area contributed by atoms with Crippen LogP contribution in [0.5, 0.6) is 0 Å². The fourth-order valence-corrected chi connectivity index (χ4v) is 2.85. The average Bonchev–Trinajstić information content (AvgIpc) is 2.38. The molecule has 3 nitrogen and oxygen atoms in total. The zero-order valence-corrected chi connectivity index (χ0v) is 11.7. The van der Waals surface area contributed by atoms with Gasteiger partial charge in [0, 0.05) is 43.9 Å². The largest absolute Gasteiger partial charge is 0.329 e. The predicted octanol–water partition coefficient (Wildman–Crippen LogP) is 1.74. The molecule has 2 unspecified atom stereocenters. The lowest BCUT2D eigenvalue weighted by molar-refractivity contribution is 0.0620. The Labute approximate surface area is 117 Å². The van der Waals surface area contributed by atoms with Crippen molar-refractivity contribution in [3.63, 3.8) is 0 Å². The van der Waals surface area contributed by atoms with E-state index in [-0.39, 0.29) is 18.2 Å². The van der Waals surface area contributed by atoms with Crippen molar-refractivity contribution >= 4 is 0 Å². The van der Waals surface area contributed by atoms with Crippen molar-refractivity contribution < 1.29 is 13.2 Å². The minimum atomic E-state index is -1.17. The van der Waals surface area contributed by atoms with Crippen LogP contribution in [0.3, 0.4) is 0 Å². The van der Waals surface area contributed by atoms with Gasteiger partial charge in [-0.05, 0) is 20.0 Å². The number of piperazine rings is 1. The standard InChI is InChI=1S/C14H20F3N3/c1-9-8-19(2)3-4-20(9)14(7-18)10-5-12(16)13(17)6-11(10)15/h5-6,9,14H,3-4,7-8,18H2,1-2H3. The van der Waals surface area contributed by atoms with Gasteiger partial charge in [-0.15, -0.1) is 0 Å². The first-order valence-corrected chi connectivity index (χ1v) is 6.72. The summed E-state index contributed by atoms with van der Waals surface area (Å²) in [6.45, 7) is 4.58. The van der Waals surface area contributed by atoms with E-state index in [2.05, 4.69) is 9.80 Å². The van der Waals surface area contributed by atoms with Gasteiger partial charge in [0.1, 0.15) is 5.82 Å². The van der Waals surface area contributed by atoms with Crippen molar-refractivity contribution in [2.45, 2.75) is 19.0 Å². The number of hydrogen-bond acceptors (Lipinski definition) is 3. The molecule has 2 N–H and O–H groups in total. The third kappa shape index (κ3) is 2.97. The highest BCUT2D eigenvalue weighted by Crippen LogP contribution is 2.27. The van der Waals surface area contributed by atoms with Gasteiger partial charge in [-0.25, -0.2) is 13.2 Å². The fourth-order valence-electron chi connectivity index (χ4n) is 2.85. The van der Waals surface area contributed by atoms with Gasteiger partial charge in [0.25, 0.3) is 0 Å². The van der Waals surface area contributed by atoms with Crippen LogP contribution in [-0.4, -0.2) is 49.1 Å². The molecule has 1 aliphatic heterocycles. The second kappa shape index (κ2) is 6.11. The maximum Gasteiger partial charge on any atom is 0.161 e. The molecule has 112 valence electrons. The number of nitrogens with two attached hydrogens (primary N) is 1. The molecule has 2 atom stereocenters.